The molecule has 0 saturated heterocycles. The molecule has 110 valence electrons. The first kappa shape index (κ1) is 13.7. The summed E-state index contributed by atoms with van der Waals surface area (Å²) in [5.74, 6) is -0.406. The lowest BCUT2D eigenvalue weighted by Crippen LogP contribution is -2.10. The van der Waals surface area contributed by atoms with Crippen LogP contribution in [0.25, 0.3) is 0 Å². The summed E-state index contributed by atoms with van der Waals surface area (Å²) < 4.78 is 2.10. The van der Waals surface area contributed by atoms with Crippen LogP contribution in [0.3, 0.4) is 0 Å². The molecule has 1 aliphatic rings. The van der Waals surface area contributed by atoms with E-state index in [1.54, 1.807) is 12.1 Å². The van der Waals surface area contributed by atoms with Crippen molar-refractivity contribution in [1.82, 2.24) is 9.78 Å². The number of carbonyl (C=O) groups excluding carboxylic acids is 1. The van der Waals surface area contributed by atoms with Crippen LogP contribution in [-0.2, 0) is 6.54 Å². The van der Waals surface area contributed by atoms with Gasteiger partial charge < -0.3 is 11.1 Å². The number of anilines is 1. The molecule has 0 bridgehead atoms. The van der Waals surface area contributed by atoms with Gasteiger partial charge in [-0.3, -0.25) is 9.48 Å². The van der Waals surface area contributed by atoms with Crippen molar-refractivity contribution in [3.8, 4) is 0 Å². The van der Waals surface area contributed by atoms with Crippen molar-refractivity contribution in [3.63, 3.8) is 0 Å². The van der Waals surface area contributed by atoms with Crippen LogP contribution < -0.4 is 11.1 Å². The molecule has 5 heteroatoms. The van der Waals surface area contributed by atoms with E-state index in [2.05, 4.69) is 27.4 Å². The molecule has 0 spiro atoms. The van der Waals surface area contributed by atoms with Crippen LogP contribution >= 0.6 is 0 Å². The number of amides is 1. The molecule has 1 aliphatic carbocycles. The summed E-state index contributed by atoms with van der Waals surface area (Å²) >= 11 is 0. The number of rotatable bonds is 5. The maximum absolute atomic E-state index is 11.0. The Morgan fingerprint density at radius 3 is 2.62 bits per heavy atom. The SMILES string of the molecule is NC(=O)c1ccc(NCc2ccn(C3CCCC3)n2)cc1. The van der Waals surface area contributed by atoms with E-state index < -0.39 is 5.91 Å². The van der Waals surface area contributed by atoms with Gasteiger partial charge in [-0.2, -0.15) is 5.10 Å². The molecule has 1 amide bonds. The summed E-state index contributed by atoms with van der Waals surface area (Å²) in [5, 5.41) is 7.94. The van der Waals surface area contributed by atoms with E-state index in [9.17, 15) is 4.79 Å². The molecule has 3 N–H and O–H groups in total. The molecular formula is C16H20N4O. The van der Waals surface area contributed by atoms with Gasteiger partial charge >= 0.3 is 0 Å². The van der Waals surface area contributed by atoms with Crippen molar-refractivity contribution in [3.05, 3.63) is 47.8 Å². The van der Waals surface area contributed by atoms with Crippen LogP contribution in [0.5, 0.6) is 0 Å². The van der Waals surface area contributed by atoms with E-state index in [0.29, 0.717) is 18.2 Å². The average Bonchev–Trinajstić information content (AvgIpc) is 3.16. The molecule has 1 fully saturated rings. The van der Waals surface area contributed by atoms with Crippen LogP contribution in [-0.4, -0.2) is 15.7 Å². The molecule has 0 unspecified atom stereocenters. The van der Waals surface area contributed by atoms with Crippen LogP contribution in [0.1, 0.15) is 47.8 Å². The number of hydrogen-bond acceptors (Lipinski definition) is 3. The van der Waals surface area contributed by atoms with Gasteiger partial charge in [-0.1, -0.05) is 12.8 Å². The van der Waals surface area contributed by atoms with Gasteiger partial charge in [0.1, 0.15) is 0 Å². The Hall–Kier alpha value is -2.30. The molecule has 1 saturated carbocycles. The van der Waals surface area contributed by atoms with E-state index in [1.807, 2.05) is 12.1 Å². The standard InChI is InChI=1S/C16H20N4O/c17-16(21)12-5-7-13(8-6-12)18-11-14-9-10-20(19-14)15-3-1-2-4-15/h5-10,15,18H,1-4,11H2,(H2,17,21). The minimum Gasteiger partial charge on any atom is -0.379 e. The highest BCUT2D eigenvalue weighted by Gasteiger charge is 2.17. The highest BCUT2D eigenvalue weighted by Crippen LogP contribution is 2.28. The van der Waals surface area contributed by atoms with Gasteiger partial charge in [0.15, 0.2) is 0 Å². The Labute approximate surface area is 124 Å². The molecule has 21 heavy (non-hydrogen) atoms. The number of nitrogens with one attached hydrogen (secondary N) is 1. The Morgan fingerprint density at radius 1 is 1.24 bits per heavy atom. The number of benzene rings is 1. The van der Waals surface area contributed by atoms with Crippen molar-refractivity contribution in [2.45, 2.75) is 38.3 Å². The van der Waals surface area contributed by atoms with Gasteiger partial charge in [0, 0.05) is 17.4 Å². The van der Waals surface area contributed by atoms with E-state index in [4.69, 9.17) is 5.73 Å². The summed E-state index contributed by atoms with van der Waals surface area (Å²) in [6, 6.07) is 9.79. The van der Waals surface area contributed by atoms with Crippen molar-refractivity contribution >= 4 is 11.6 Å². The molecule has 2 aromatic rings. The summed E-state index contributed by atoms with van der Waals surface area (Å²) in [4.78, 5) is 11.0. The lowest BCUT2D eigenvalue weighted by molar-refractivity contribution is 0.100. The van der Waals surface area contributed by atoms with Crippen molar-refractivity contribution in [2.24, 2.45) is 5.73 Å². The average molecular weight is 284 g/mol. The molecule has 5 nitrogen and oxygen atoms in total. The largest absolute Gasteiger partial charge is 0.379 e. The predicted octanol–water partition coefficient (Wildman–Crippen LogP) is 2.71. The minimum absolute atomic E-state index is 0.406. The third-order valence-corrected chi connectivity index (χ3v) is 4.01. The molecule has 0 atom stereocenters. The van der Waals surface area contributed by atoms with E-state index in [0.717, 1.165) is 11.4 Å². The fraction of sp³-hybridized carbons (Fsp3) is 0.375. The number of aromatic nitrogens is 2. The maximum atomic E-state index is 11.0. The fourth-order valence-corrected chi connectivity index (χ4v) is 2.79. The molecule has 0 radical (unpaired) electrons. The summed E-state index contributed by atoms with van der Waals surface area (Å²) in [5.41, 5.74) is 7.72. The quantitative estimate of drug-likeness (QED) is 0.886. The van der Waals surface area contributed by atoms with Gasteiger partial charge in [-0.05, 0) is 43.2 Å². The van der Waals surface area contributed by atoms with Crippen molar-refractivity contribution in [1.29, 1.82) is 0 Å². The Bertz CT molecular complexity index is 611. The Morgan fingerprint density at radius 2 is 1.95 bits per heavy atom. The first-order valence-electron chi connectivity index (χ1n) is 7.40. The van der Waals surface area contributed by atoms with Crippen LogP contribution in [0.2, 0.25) is 0 Å². The van der Waals surface area contributed by atoms with Crippen molar-refractivity contribution in [2.75, 3.05) is 5.32 Å². The highest BCUT2D eigenvalue weighted by molar-refractivity contribution is 5.93. The zero-order chi connectivity index (χ0) is 14.7. The topological polar surface area (TPSA) is 72.9 Å². The van der Waals surface area contributed by atoms with Crippen molar-refractivity contribution < 1.29 is 4.79 Å². The van der Waals surface area contributed by atoms with E-state index in [-0.39, 0.29) is 0 Å². The highest BCUT2D eigenvalue weighted by atomic mass is 16.1. The molecule has 0 aliphatic heterocycles. The number of nitrogens with two attached hydrogens (primary N) is 1. The Balaban J connectivity index is 1.58. The second-order valence-corrected chi connectivity index (χ2v) is 5.52. The lowest BCUT2D eigenvalue weighted by Gasteiger charge is -2.09. The van der Waals surface area contributed by atoms with Gasteiger partial charge in [0.25, 0.3) is 0 Å². The van der Waals surface area contributed by atoms with Crippen LogP contribution in [0.15, 0.2) is 36.5 Å². The van der Waals surface area contributed by atoms with Gasteiger partial charge in [-0.25, -0.2) is 0 Å². The second kappa shape index (κ2) is 5.99. The monoisotopic (exact) mass is 284 g/mol. The fourth-order valence-electron chi connectivity index (χ4n) is 2.79. The molecule has 1 aromatic heterocycles. The summed E-state index contributed by atoms with van der Waals surface area (Å²) in [6.45, 7) is 0.676. The van der Waals surface area contributed by atoms with Crippen LogP contribution in [0, 0.1) is 0 Å². The molecule has 3 rings (SSSR count). The van der Waals surface area contributed by atoms with E-state index >= 15 is 0 Å². The smallest absolute Gasteiger partial charge is 0.248 e. The van der Waals surface area contributed by atoms with Gasteiger partial charge in [-0.15, -0.1) is 0 Å². The number of carbonyl (C=O) groups is 1. The summed E-state index contributed by atoms with van der Waals surface area (Å²) in [6.07, 6.45) is 7.17. The zero-order valence-corrected chi connectivity index (χ0v) is 12.0. The van der Waals surface area contributed by atoms with Gasteiger partial charge in [0.05, 0.1) is 18.3 Å². The van der Waals surface area contributed by atoms with Gasteiger partial charge in [0.2, 0.25) is 5.91 Å². The molecule has 1 heterocycles. The third-order valence-electron chi connectivity index (χ3n) is 4.01. The Kier molecular flexibility index (Phi) is 3.90. The second-order valence-electron chi connectivity index (χ2n) is 5.52. The normalized spacial score (nSPS) is 15.2. The van der Waals surface area contributed by atoms with Crippen LogP contribution in [0.4, 0.5) is 5.69 Å². The first-order valence-corrected chi connectivity index (χ1v) is 7.40. The lowest BCUT2D eigenvalue weighted by atomic mass is 10.2. The number of hydrogen-bond donors (Lipinski definition) is 2. The predicted molar refractivity (Wildman–Crippen MR) is 82.0 cm³/mol. The number of primary amides is 1. The summed E-state index contributed by atoms with van der Waals surface area (Å²) in [7, 11) is 0. The minimum atomic E-state index is -0.406. The molecule has 1 aromatic carbocycles. The first-order chi connectivity index (χ1) is 10.2. The zero-order valence-electron chi connectivity index (χ0n) is 12.0. The van der Waals surface area contributed by atoms with E-state index in [1.165, 1.54) is 25.7 Å². The third kappa shape index (κ3) is 3.24. The molecular weight excluding hydrogens is 264 g/mol. The number of nitrogens with zero attached hydrogens (tertiary/aromatic N) is 2. The maximum Gasteiger partial charge on any atom is 0.248 e.